The average Bonchev–Trinajstić information content (AvgIpc) is 3.25. The molecule has 1 aliphatic heterocycles. The molecule has 2 N–H and O–H groups in total. The van der Waals surface area contributed by atoms with Gasteiger partial charge in [0, 0.05) is 24.9 Å². The van der Waals surface area contributed by atoms with Crippen molar-refractivity contribution in [2.75, 3.05) is 13.1 Å². The van der Waals surface area contributed by atoms with Gasteiger partial charge in [-0.25, -0.2) is 4.79 Å². The van der Waals surface area contributed by atoms with Crippen molar-refractivity contribution in [1.82, 2.24) is 10.1 Å². The number of hydrogen-bond acceptors (Lipinski definition) is 6. The molecule has 25 heavy (non-hydrogen) atoms. The van der Waals surface area contributed by atoms with Gasteiger partial charge in [-0.2, -0.15) is 0 Å². The second kappa shape index (κ2) is 7.16. The van der Waals surface area contributed by atoms with Gasteiger partial charge >= 0.3 is 5.97 Å². The van der Waals surface area contributed by atoms with Crippen LogP contribution >= 0.6 is 0 Å². The van der Waals surface area contributed by atoms with E-state index in [1.807, 2.05) is 0 Å². The minimum absolute atomic E-state index is 0.0231. The fraction of sp³-hybridized carbons (Fsp3) is 0.294. The van der Waals surface area contributed by atoms with Crippen LogP contribution in [0.3, 0.4) is 0 Å². The number of nitrogens with zero attached hydrogens (tertiary/aromatic N) is 2. The van der Waals surface area contributed by atoms with Crippen LogP contribution in [0.4, 0.5) is 0 Å². The molecule has 1 saturated heterocycles. The Balaban J connectivity index is 1.72. The summed E-state index contributed by atoms with van der Waals surface area (Å²) in [5.74, 6) is -1.72. The molecule has 0 spiro atoms. The third-order valence-corrected chi connectivity index (χ3v) is 4.06. The van der Waals surface area contributed by atoms with Crippen LogP contribution in [0.2, 0.25) is 0 Å². The summed E-state index contributed by atoms with van der Waals surface area (Å²) in [5.41, 5.74) is 5.85. The van der Waals surface area contributed by atoms with E-state index in [1.165, 1.54) is 17.2 Å². The van der Waals surface area contributed by atoms with E-state index in [9.17, 15) is 14.4 Å². The Morgan fingerprint density at radius 1 is 1.20 bits per heavy atom. The van der Waals surface area contributed by atoms with Crippen LogP contribution in [0.25, 0.3) is 0 Å². The number of hydrogen-bond donors (Lipinski definition) is 1. The number of aromatic nitrogens is 1. The van der Waals surface area contributed by atoms with Gasteiger partial charge in [0.1, 0.15) is 12.4 Å². The Morgan fingerprint density at radius 3 is 2.60 bits per heavy atom. The molecule has 1 aromatic heterocycles. The largest absolute Gasteiger partial charge is 0.457 e. The van der Waals surface area contributed by atoms with E-state index >= 15 is 0 Å². The zero-order valence-corrected chi connectivity index (χ0v) is 13.3. The lowest BCUT2D eigenvalue weighted by Crippen LogP contribution is -2.31. The summed E-state index contributed by atoms with van der Waals surface area (Å²) < 4.78 is 10.2. The normalized spacial score (nSPS) is 19.6. The Bertz CT molecular complexity index is 760. The third kappa shape index (κ3) is 3.85. The minimum Gasteiger partial charge on any atom is -0.457 e. The number of amides is 2. The van der Waals surface area contributed by atoms with Crippen molar-refractivity contribution < 1.29 is 23.6 Å². The Labute approximate surface area is 143 Å². The van der Waals surface area contributed by atoms with Gasteiger partial charge < -0.3 is 19.9 Å². The Hall–Kier alpha value is -3.16. The second-order valence-corrected chi connectivity index (χ2v) is 5.84. The van der Waals surface area contributed by atoms with Crippen LogP contribution in [-0.2, 0) is 9.53 Å². The lowest BCUT2D eigenvalue weighted by molar-refractivity contribution is -0.119. The topological polar surface area (TPSA) is 116 Å². The second-order valence-electron chi connectivity index (χ2n) is 5.84. The van der Waals surface area contributed by atoms with E-state index < -0.39 is 18.0 Å². The fourth-order valence-electron chi connectivity index (χ4n) is 2.86. The van der Waals surface area contributed by atoms with Crippen LogP contribution in [0.5, 0.6) is 0 Å². The third-order valence-electron chi connectivity index (χ3n) is 4.06. The average molecular weight is 343 g/mol. The molecule has 1 aromatic carbocycles. The number of ether oxygens (including phenoxy) is 1. The van der Waals surface area contributed by atoms with Gasteiger partial charge in [0.05, 0.1) is 12.1 Å². The van der Waals surface area contributed by atoms with E-state index in [0.29, 0.717) is 5.56 Å². The molecule has 0 bridgehead atoms. The number of likely N-dealkylation sites (tertiary alicyclic amines) is 1. The summed E-state index contributed by atoms with van der Waals surface area (Å²) >= 11 is 0. The van der Waals surface area contributed by atoms with Gasteiger partial charge in [0.15, 0.2) is 5.69 Å². The summed E-state index contributed by atoms with van der Waals surface area (Å²) in [5, 5.41) is 3.61. The maximum atomic E-state index is 12.4. The van der Waals surface area contributed by atoms with Crippen LogP contribution in [-0.4, -0.2) is 47.0 Å². The molecule has 8 nitrogen and oxygen atoms in total. The summed E-state index contributed by atoms with van der Waals surface area (Å²) in [6, 6.07) is 9.98. The van der Waals surface area contributed by atoms with Gasteiger partial charge in [-0.1, -0.05) is 23.4 Å². The molecule has 8 heteroatoms. The molecule has 0 unspecified atom stereocenters. The molecule has 3 rings (SSSR count). The number of primary amides is 1. The maximum Gasteiger partial charge on any atom is 0.338 e. The van der Waals surface area contributed by atoms with E-state index in [4.69, 9.17) is 10.5 Å². The van der Waals surface area contributed by atoms with E-state index in [0.717, 1.165) is 0 Å². The zero-order chi connectivity index (χ0) is 17.8. The van der Waals surface area contributed by atoms with Crippen LogP contribution in [0.15, 0.2) is 47.2 Å². The minimum atomic E-state index is -0.615. The molecule has 1 aliphatic rings. The lowest BCUT2D eigenvalue weighted by Gasteiger charge is -2.17. The molecule has 1 fully saturated rings. The molecule has 2 atom stereocenters. The number of nitrogens with two attached hydrogens (primary N) is 1. The van der Waals surface area contributed by atoms with Crippen molar-refractivity contribution in [3.63, 3.8) is 0 Å². The smallest absolute Gasteiger partial charge is 0.338 e. The van der Waals surface area contributed by atoms with E-state index in [-0.39, 0.29) is 37.0 Å². The monoisotopic (exact) mass is 343 g/mol. The van der Waals surface area contributed by atoms with E-state index in [1.54, 1.807) is 30.3 Å². The fourth-order valence-corrected chi connectivity index (χ4v) is 2.86. The van der Waals surface area contributed by atoms with Crippen molar-refractivity contribution in [3.8, 4) is 0 Å². The number of rotatable bonds is 5. The first-order chi connectivity index (χ1) is 12.0. The van der Waals surface area contributed by atoms with Gasteiger partial charge in [-0.3, -0.25) is 9.59 Å². The van der Waals surface area contributed by atoms with Gasteiger partial charge in [-0.05, 0) is 12.1 Å². The molecule has 2 heterocycles. The number of carbonyl (C=O) groups excluding carboxylic acids is 3. The first kappa shape index (κ1) is 16.7. The highest BCUT2D eigenvalue weighted by Crippen LogP contribution is 2.25. The van der Waals surface area contributed by atoms with Crippen molar-refractivity contribution in [2.45, 2.75) is 12.5 Å². The first-order valence-corrected chi connectivity index (χ1v) is 7.78. The number of carbonyl (C=O) groups is 3. The van der Waals surface area contributed by atoms with Gasteiger partial charge in [0.2, 0.25) is 5.91 Å². The zero-order valence-electron chi connectivity index (χ0n) is 13.3. The summed E-state index contributed by atoms with van der Waals surface area (Å²) in [4.78, 5) is 37.4. The summed E-state index contributed by atoms with van der Waals surface area (Å²) in [7, 11) is 0. The van der Waals surface area contributed by atoms with Crippen molar-refractivity contribution in [3.05, 3.63) is 53.9 Å². The molecular weight excluding hydrogens is 326 g/mol. The number of esters is 1. The Kier molecular flexibility index (Phi) is 4.78. The standard InChI is InChI=1S/C17H17N3O5/c18-15(21)8-12-9-20(16(22)13-6-7-24-19-13)10-14(12)25-17(23)11-4-2-1-3-5-11/h1-7,12,14H,8-10H2,(H2,18,21)/t12-,14+/m0/s1. The molecule has 2 amide bonds. The summed E-state index contributed by atoms with van der Waals surface area (Å²) in [6.07, 6.45) is 0.711. The maximum absolute atomic E-state index is 12.4. The van der Waals surface area contributed by atoms with Crippen molar-refractivity contribution >= 4 is 17.8 Å². The highest BCUT2D eigenvalue weighted by molar-refractivity contribution is 5.92. The predicted molar refractivity (Wildman–Crippen MR) is 85.4 cm³/mol. The Morgan fingerprint density at radius 2 is 1.96 bits per heavy atom. The molecule has 0 radical (unpaired) electrons. The molecule has 130 valence electrons. The number of benzene rings is 1. The predicted octanol–water partition coefficient (Wildman–Crippen LogP) is 0.848. The SMILES string of the molecule is NC(=O)C[C@H]1CN(C(=O)c2ccon2)C[C@H]1OC(=O)c1ccccc1. The highest BCUT2D eigenvalue weighted by Gasteiger charge is 2.39. The molecule has 0 aliphatic carbocycles. The van der Waals surface area contributed by atoms with Gasteiger partial charge in [0.25, 0.3) is 5.91 Å². The highest BCUT2D eigenvalue weighted by atomic mass is 16.5. The van der Waals surface area contributed by atoms with Crippen LogP contribution < -0.4 is 5.73 Å². The van der Waals surface area contributed by atoms with Crippen LogP contribution in [0.1, 0.15) is 27.3 Å². The van der Waals surface area contributed by atoms with Crippen LogP contribution in [0, 0.1) is 5.92 Å². The molecule has 0 saturated carbocycles. The molecular formula is C17H17N3O5. The van der Waals surface area contributed by atoms with Crippen molar-refractivity contribution in [1.29, 1.82) is 0 Å². The van der Waals surface area contributed by atoms with E-state index in [2.05, 4.69) is 9.68 Å². The first-order valence-electron chi connectivity index (χ1n) is 7.78. The molecule has 2 aromatic rings. The summed E-state index contributed by atoms with van der Waals surface area (Å²) in [6.45, 7) is 0.420. The van der Waals surface area contributed by atoms with Gasteiger partial charge in [-0.15, -0.1) is 0 Å². The van der Waals surface area contributed by atoms with Crippen molar-refractivity contribution in [2.24, 2.45) is 11.7 Å². The quantitative estimate of drug-likeness (QED) is 0.805. The lowest BCUT2D eigenvalue weighted by atomic mass is 10.0.